The first kappa shape index (κ1) is 35.0. The summed E-state index contributed by atoms with van der Waals surface area (Å²) in [6, 6.07) is 83.5. The maximum absolute atomic E-state index is 5.15. The van der Waals surface area contributed by atoms with E-state index in [0.29, 0.717) is 5.82 Å². The Morgan fingerprint density at radius 3 is 1.23 bits per heavy atom. The number of hydrogen-bond acceptors (Lipinski definition) is 2. The highest BCUT2D eigenvalue weighted by atomic mass is 14.9. The molecule has 2 aliphatic carbocycles. The summed E-state index contributed by atoms with van der Waals surface area (Å²) in [5, 5.41) is 0. The van der Waals surface area contributed by atoms with Crippen LogP contribution in [0.1, 0.15) is 22.3 Å². The summed E-state index contributed by atoms with van der Waals surface area (Å²) in [7, 11) is 0. The first-order valence-corrected chi connectivity index (χ1v) is 21.0. The number of fused-ring (bicyclic) bond motifs is 10. The van der Waals surface area contributed by atoms with Gasteiger partial charge in [-0.3, -0.25) is 0 Å². The van der Waals surface area contributed by atoms with Crippen LogP contribution in [0.5, 0.6) is 0 Å². The smallest absolute Gasteiger partial charge is 0.160 e. The van der Waals surface area contributed by atoms with Gasteiger partial charge in [-0.15, -0.1) is 0 Å². The van der Waals surface area contributed by atoms with Crippen LogP contribution in [0.15, 0.2) is 231 Å². The normalized spacial score (nSPS) is 12.7. The molecule has 2 nitrogen and oxygen atoms in total. The predicted octanol–water partition coefficient (Wildman–Crippen LogP) is 14.8. The van der Waals surface area contributed by atoms with Gasteiger partial charge in [-0.05, 0) is 108 Å². The van der Waals surface area contributed by atoms with E-state index in [9.17, 15) is 0 Å². The lowest BCUT2D eigenvalue weighted by Crippen LogP contribution is -2.25. The number of hydrogen-bond donors (Lipinski definition) is 0. The lowest BCUT2D eigenvalue weighted by Gasteiger charge is -2.31. The third-order valence-electron chi connectivity index (χ3n) is 12.7. The second-order valence-electron chi connectivity index (χ2n) is 16.1. The molecule has 1 aromatic heterocycles. The Kier molecular flexibility index (Phi) is 8.11. The number of benzene rings is 9. The molecule has 0 atom stereocenters. The van der Waals surface area contributed by atoms with E-state index >= 15 is 0 Å². The van der Waals surface area contributed by atoms with Crippen molar-refractivity contribution in [3.05, 3.63) is 253 Å². The van der Waals surface area contributed by atoms with E-state index in [-0.39, 0.29) is 0 Å². The maximum atomic E-state index is 5.15. The van der Waals surface area contributed by atoms with Crippen LogP contribution in [0.2, 0.25) is 0 Å². The zero-order valence-electron chi connectivity index (χ0n) is 33.3. The van der Waals surface area contributed by atoms with Crippen molar-refractivity contribution < 1.29 is 0 Å². The summed E-state index contributed by atoms with van der Waals surface area (Å²) in [6.45, 7) is 0. The third kappa shape index (κ3) is 5.57. The van der Waals surface area contributed by atoms with Gasteiger partial charge in [-0.1, -0.05) is 200 Å². The molecule has 9 aromatic carbocycles. The van der Waals surface area contributed by atoms with E-state index in [1.165, 1.54) is 66.8 Å². The maximum Gasteiger partial charge on any atom is 0.160 e. The fraction of sp³-hybridized carbons (Fsp3) is 0.0169. The van der Waals surface area contributed by atoms with Gasteiger partial charge in [0.1, 0.15) is 0 Å². The van der Waals surface area contributed by atoms with Crippen LogP contribution in [0.3, 0.4) is 0 Å². The molecular weight excluding hydrogens is 737 g/mol. The van der Waals surface area contributed by atoms with Crippen LogP contribution < -0.4 is 0 Å². The Balaban J connectivity index is 1.04. The molecule has 10 aromatic rings. The largest absolute Gasteiger partial charge is 0.228 e. The van der Waals surface area contributed by atoms with E-state index in [1.807, 2.05) is 24.3 Å². The van der Waals surface area contributed by atoms with Crippen molar-refractivity contribution in [3.8, 4) is 89.5 Å². The summed E-state index contributed by atoms with van der Waals surface area (Å²) in [5.41, 5.74) is 22.1. The molecule has 12 rings (SSSR count). The molecule has 0 unspecified atom stereocenters. The van der Waals surface area contributed by atoms with Crippen LogP contribution in [0, 0.1) is 0 Å². The zero-order chi connectivity index (χ0) is 40.3. The Morgan fingerprint density at radius 1 is 0.230 bits per heavy atom. The summed E-state index contributed by atoms with van der Waals surface area (Å²) in [4.78, 5) is 10.2. The molecule has 284 valence electrons. The molecular formula is C59H38N2. The van der Waals surface area contributed by atoms with Crippen LogP contribution in [-0.4, -0.2) is 9.97 Å². The van der Waals surface area contributed by atoms with Gasteiger partial charge in [0, 0.05) is 16.7 Å². The molecule has 0 saturated carbocycles. The highest BCUT2D eigenvalue weighted by Crippen LogP contribution is 2.63. The molecule has 0 aliphatic heterocycles. The van der Waals surface area contributed by atoms with Crippen molar-refractivity contribution in [2.75, 3.05) is 0 Å². The minimum Gasteiger partial charge on any atom is -0.228 e. The summed E-state index contributed by atoms with van der Waals surface area (Å²) < 4.78 is 0. The van der Waals surface area contributed by atoms with Crippen LogP contribution >= 0.6 is 0 Å². The lowest BCUT2D eigenvalue weighted by atomic mass is 9.70. The van der Waals surface area contributed by atoms with Crippen molar-refractivity contribution in [2.45, 2.75) is 5.41 Å². The Labute approximate surface area is 356 Å². The van der Waals surface area contributed by atoms with Gasteiger partial charge in [-0.2, -0.15) is 0 Å². The van der Waals surface area contributed by atoms with Gasteiger partial charge in [0.15, 0.2) is 5.82 Å². The van der Waals surface area contributed by atoms with Gasteiger partial charge >= 0.3 is 0 Å². The molecule has 1 heterocycles. The third-order valence-corrected chi connectivity index (χ3v) is 12.7. The minimum absolute atomic E-state index is 0.427. The van der Waals surface area contributed by atoms with Gasteiger partial charge in [0.2, 0.25) is 0 Å². The van der Waals surface area contributed by atoms with E-state index in [2.05, 4.69) is 206 Å². The first-order chi connectivity index (χ1) is 30.2. The molecule has 0 fully saturated rings. The van der Waals surface area contributed by atoms with Crippen LogP contribution in [0.4, 0.5) is 0 Å². The van der Waals surface area contributed by atoms with E-state index < -0.39 is 5.41 Å². The zero-order valence-corrected chi connectivity index (χ0v) is 33.3. The fourth-order valence-corrected chi connectivity index (χ4v) is 10.0. The number of aromatic nitrogens is 2. The molecule has 2 aliphatic rings. The standard InChI is InChI=1S/C59H38N2/c1-4-18-39(19-5-1)49-36-51-48-30-12-15-33-54(48)59(52-31-13-10-28-46(52)47-29-11-14-32-53(47)59)55(51)37-50(49)44-26-16-24-42(34-44)43-25-17-27-45(35-43)57-38-56(40-20-6-2-7-21-40)60-58(61-57)41-22-8-3-9-23-41/h1-38H. The van der Waals surface area contributed by atoms with Gasteiger partial charge in [0.25, 0.3) is 0 Å². The predicted molar refractivity (Wildman–Crippen MR) is 251 cm³/mol. The number of rotatable bonds is 6. The molecule has 0 saturated heterocycles. The summed E-state index contributed by atoms with van der Waals surface area (Å²) >= 11 is 0. The number of nitrogens with zero attached hydrogens (tertiary/aromatic N) is 2. The molecule has 61 heavy (non-hydrogen) atoms. The van der Waals surface area contributed by atoms with Gasteiger partial charge in [0.05, 0.1) is 16.8 Å². The first-order valence-electron chi connectivity index (χ1n) is 21.0. The minimum atomic E-state index is -0.427. The molecule has 0 bridgehead atoms. The molecule has 1 spiro atoms. The Bertz CT molecular complexity index is 3190. The van der Waals surface area contributed by atoms with Gasteiger partial charge < -0.3 is 0 Å². The topological polar surface area (TPSA) is 25.8 Å². The van der Waals surface area contributed by atoms with Crippen molar-refractivity contribution in [1.82, 2.24) is 9.97 Å². The molecule has 2 heteroatoms. The van der Waals surface area contributed by atoms with Crippen molar-refractivity contribution in [1.29, 1.82) is 0 Å². The quantitative estimate of drug-likeness (QED) is 0.168. The van der Waals surface area contributed by atoms with Crippen LogP contribution in [-0.2, 0) is 5.41 Å². The van der Waals surface area contributed by atoms with Gasteiger partial charge in [-0.25, -0.2) is 9.97 Å². The second kappa shape index (κ2) is 14.1. The SMILES string of the molecule is c1ccc(-c2cc(-c3cccc(-c4cccc(-c5cc6c(cc5-c5ccccc5)-c5ccccc5C65c6ccccc6-c6ccccc65)c4)c3)nc(-c3ccccc3)n2)cc1. The van der Waals surface area contributed by atoms with E-state index in [1.54, 1.807) is 0 Å². The summed E-state index contributed by atoms with van der Waals surface area (Å²) in [5.74, 6) is 0.710. The highest BCUT2D eigenvalue weighted by molar-refractivity contribution is 5.99. The molecule has 0 amide bonds. The van der Waals surface area contributed by atoms with E-state index in [0.717, 1.165) is 39.2 Å². The van der Waals surface area contributed by atoms with E-state index in [4.69, 9.17) is 9.97 Å². The molecule has 0 radical (unpaired) electrons. The molecule has 0 N–H and O–H groups in total. The monoisotopic (exact) mass is 774 g/mol. The van der Waals surface area contributed by atoms with Crippen molar-refractivity contribution >= 4 is 0 Å². The van der Waals surface area contributed by atoms with Crippen molar-refractivity contribution in [3.63, 3.8) is 0 Å². The van der Waals surface area contributed by atoms with Crippen molar-refractivity contribution in [2.24, 2.45) is 0 Å². The lowest BCUT2D eigenvalue weighted by molar-refractivity contribution is 0.794. The average Bonchev–Trinajstić information content (AvgIpc) is 3.81. The Morgan fingerprint density at radius 2 is 0.639 bits per heavy atom. The summed E-state index contributed by atoms with van der Waals surface area (Å²) in [6.07, 6.45) is 0. The average molecular weight is 775 g/mol. The highest BCUT2D eigenvalue weighted by Gasteiger charge is 2.51. The second-order valence-corrected chi connectivity index (χ2v) is 16.1. The Hall–Kier alpha value is -7.94. The van der Waals surface area contributed by atoms with Crippen LogP contribution in [0.25, 0.3) is 89.5 Å². The fourth-order valence-electron chi connectivity index (χ4n) is 10.0.